The van der Waals surface area contributed by atoms with Gasteiger partial charge in [0.1, 0.15) is 0 Å². The summed E-state index contributed by atoms with van der Waals surface area (Å²) in [6.07, 6.45) is 9.70. The van der Waals surface area contributed by atoms with Gasteiger partial charge in [-0.15, -0.1) is 0 Å². The summed E-state index contributed by atoms with van der Waals surface area (Å²) >= 11 is 0. The first kappa shape index (κ1) is 35.1. The van der Waals surface area contributed by atoms with Gasteiger partial charge in [-0.1, -0.05) is 27.7 Å². The molecular formula is C37H46N4O6. The second-order valence-corrected chi connectivity index (χ2v) is 11.7. The van der Waals surface area contributed by atoms with E-state index >= 15 is 0 Å². The Morgan fingerprint density at radius 1 is 0.681 bits per heavy atom. The largest absolute Gasteiger partial charge is 0.466 e. The van der Waals surface area contributed by atoms with E-state index in [0.717, 1.165) is 62.9 Å². The number of amides is 2. The van der Waals surface area contributed by atoms with Crippen LogP contribution >= 0.6 is 0 Å². The number of H-pyrrole nitrogens is 2. The van der Waals surface area contributed by atoms with Gasteiger partial charge in [-0.25, -0.2) is 4.99 Å². The van der Waals surface area contributed by atoms with Crippen molar-refractivity contribution in [2.45, 2.75) is 93.9 Å². The molecule has 0 saturated heterocycles. The molecule has 47 heavy (non-hydrogen) atoms. The van der Waals surface area contributed by atoms with Crippen molar-refractivity contribution in [2.24, 2.45) is 4.99 Å². The molecule has 0 atom stereocenters. The van der Waals surface area contributed by atoms with Crippen LogP contribution in [0.5, 0.6) is 0 Å². The molecule has 2 amide bonds. The van der Waals surface area contributed by atoms with Gasteiger partial charge >= 0.3 is 11.9 Å². The number of carbonyl (C=O) groups is 4. The number of hydrogen-bond donors (Lipinski definition) is 3. The first-order valence-corrected chi connectivity index (χ1v) is 16.4. The molecule has 0 bridgehead atoms. The second-order valence-electron chi connectivity index (χ2n) is 11.7. The van der Waals surface area contributed by atoms with E-state index in [0.29, 0.717) is 42.5 Å². The van der Waals surface area contributed by atoms with E-state index in [1.165, 1.54) is 25.0 Å². The average Bonchev–Trinajstić information content (AvgIpc) is 3.69. The molecule has 2 aromatic rings. The minimum absolute atomic E-state index is 0.150. The number of carbonyl (C=O) groups excluding carboxylic acids is 4. The molecule has 10 nitrogen and oxygen atoms in total. The average molecular weight is 643 g/mol. The Morgan fingerprint density at radius 3 is 1.87 bits per heavy atom. The molecule has 0 saturated carbocycles. The number of aliphatic imine (C=N–C) groups is 1. The first-order chi connectivity index (χ1) is 22.4. The third-order valence-electron chi connectivity index (χ3n) is 8.85. The van der Waals surface area contributed by atoms with Crippen molar-refractivity contribution in [3.05, 3.63) is 72.3 Å². The molecule has 4 heterocycles. The topological polar surface area (TPSA) is 143 Å². The lowest BCUT2D eigenvalue weighted by molar-refractivity contribution is -0.141. The highest BCUT2D eigenvalue weighted by atomic mass is 16.5. The summed E-state index contributed by atoms with van der Waals surface area (Å²) in [7, 11) is 0. The molecule has 0 unspecified atom stereocenters. The van der Waals surface area contributed by atoms with Crippen LogP contribution in [0, 0.1) is 13.8 Å². The minimum atomic E-state index is -0.373. The van der Waals surface area contributed by atoms with Crippen molar-refractivity contribution < 1.29 is 28.7 Å². The summed E-state index contributed by atoms with van der Waals surface area (Å²) in [5, 5.41) is 4.88. The maximum Gasteiger partial charge on any atom is 0.302 e. The smallest absolute Gasteiger partial charge is 0.302 e. The van der Waals surface area contributed by atoms with E-state index in [1.54, 1.807) is 0 Å². The first-order valence-electron chi connectivity index (χ1n) is 16.4. The van der Waals surface area contributed by atoms with Crippen molar-refractivity contribution in [1.82, 2.24) is 15.3 Å². The molecule has 0 radical (unpaired) electrons. The number of aromatic amines is 2. The summed E-state index contributed by atoms with van der Waals surface area (Å²) in [5.41, 5.74) is 10.9. The Kier molecular flexibility index (Phi) is 11.4. The number of rotatable bonds is 13. The zero-order valence-electron chi connectivity index (χ0n) is 28.8. The molecule has 0 fully saturated rings. The number of allylic oxidation sites excluding steroid dienone is 2. The maximum atomic E-state index is 12.8. The summed E-state index contributed by atoms with van der Waals surface area (Å²) in [6, 6.07) is 0. The van der Waals surface area contributed by atoms with E-state index in [9.17, 15) is 19.2 Å². The highest BCUT2D eigenvalue weighted by Gasteiger charge is 2.27. The lowest BCUT2D eigenvalue weighted by atomic mass is 10.0. The molecule has 250 valence electrons. The number of hydrogen-bond acceptors (Lipinski definition) is 6. The standard InChI is InChI=1S/C37H46N4O6/c1-9-24-20(5)30(17-34-26(11-3)28(36(44)40-34)13-15-46-22(7)42)38-32(24)19-33-25(10-2)21(6)31(39-33)18-35-27(12-4)29(37(45)41-35)14-16-47-23(8)43/h17-19,38-39H,9-16H2,1-8H3,(H,40,44)/b31-18-,33-19+,34-17-. The Bertz CT molecular complexity index is 1860. The molecule has 10 heteroatoms. The second kappa shape index (κ2) is 15.2. The number of nitrogens with one attached hydrogen (secondary N) is 3. The molecule has 0 spiro atoms. The van der Waals surface area contributed by atoms with Crippen LogP contribution < -0.4 is 16.0 Å². The van der Waals surface area contributed by atoms with E-state index in [2.05, 4.69) is 54.0 Å². The Labute approximate surface area is 275 Å². The molecule has 2 aromatic heterocycles. The molecule has 4 rings (SSSR count). The van der Waals surface area contributed by atoms with Crippen LogP contribution in [0.2, 0.25) is 0 Å². The van der Waals surface area contributed by atoms with E-state index in [4.69, 9.17) is 9.47 Å². The SMILES string of the molecule is CCC1=C(CCOC(C)=O)C(=O)N=C1/C=c1\[nH]/c(=C/c2[nH]c(/C=C3\NC(=O)C(CCOC(C)=O)=C3CC)c(C)c2CC)c(CC)c1C. The molecule has 0 aliphatic carbocycles. The Morgan fingerprint density at radius 2 is 1.30 bits per heavy atom. The number of nitrogens with zero attached hydrogens (tertiary/aromatic N) is 1. The summed E-state index contributed by atoms with van der Waals surface area (Å²) in [4.78, 5) is 59.6. The highest BCUT2D eigenvalue weighted by Crippen LogP contribution is 2.30. The Hall–Kier alpha value is -4.73. The molecule has 2 aliphatic rings. The number of esters is 2. The van der Waals surface area contributed by atoms with Gasteiger partial charge in [0.2, 0.25) is 0 Å². The third-order valence-corrected chi connectivity index (χ3v) is 8.85. The normalized spacial score (nSPS) is 16.6. The van der Waals surface area contributed by atoms with Crippen LogP contribution in [0.1, 0.15) is 101 Å². The van der Waals surface area contributed by atoms with Crippen LogP contribution in [0.25, 0.3) is 18.2 Å². The predicted molar refractivity (Wildman–Crippen MR) is 183 cm³/mol. The maximum absolute atomic E-state index is 12.8. The van der Waals surface area contributed by atoms with Gasteiger partial charge in [0.15, 0.2) is 0 Å². The quantitative estimate of drug-likeness (QED) is 0.275. The zero-order valence-corrected chi connectivity index (χ0v) is 28.8. The molecule has 0 aromatic carbocycles. The van der Waals surface area contributed by atoms with Crippen LogP contribution in [-0.4, -0.2) is 52.6 Å². The van der Waals surface area contributed by atoms with E-state index in [1.807, 2.05) is 26.0 Å². The van der Waals surface area contributed by atoms with Gasteiger partial charge in [-0.05, 0) is 91.2 Å². The summed E-state index contributed by atoms with van der Waals surface area (Å²) < 4.78 is 10.2. The minimum Gasteiger partial charge on any atom is -0.466 e. The van der Waals surface area contributed by atoms with Crippen molar-refractivity contribution in [2.75, 3.05) is 13.2 Å². The molecular weight excluding hydrogens is 596 g/mol. The molecule has 2 aliphatic heterocycles. The van der Waals surface area contributed by atoms with Crippen molar-refractivity contribution in [3.8, 4) is 0 Å². The highest BCUT2D eigenvalue weighted by molar-refractivity contribution is 6.31. The van der Waals surface area contributed by atoms with E-state index < -0.39 is 0 Å². The van der Waals surface area contributed by atoms with Gasteiger partial charge in [-0.3, -0.25) is 19.2 Å². The van der Waals surface area contributed by atoms with Crippen molar-refractivity contribution >= 4 is 47.7 Å². The fourth-order valence-electron chi connectivity index (χ4n) is 6.49. The molecule has 3 N–H and O–H groups in total. The van der Waals surface area contributed by atoms with Gasteiger partial charge in [0.05, 0.1) is 18.9 Å². The predicted octanol–water partition coefficient (Wildman–Crippen LogP) is 4.47. The van der Waals surface area contributed by atoms with Gasteiger partial charge < -0.3 is 24.8 Å². The Balaban J connectivity index is 1.73. The van der Waals surface area contributed by atoms with Crippen LogP contribution in [0.3, 0.4) is 0 Å². The lowest BCUT2D eigenvalue weighted by Crippen LogP contribution is -2.17. The number of ether oxygens (including phenoxy) is 2. The van der Waals surface area contributed by atoms with Gasteiger partial charge in [-0.2, -0.15) is 0 Å². The zero-order chi connectivity index (χ0) is 34.4. The van der Waals surface area contributed by atoms with Crippen LogP contribution in [0.4, 0.5) is 0 Å². The fraction of sp³-hybridized carbons (Fsp3) is 0.432. The van der Waals surface area contributed by atoms with Crippen molar-refractivity contribution in [1.29, 1.82) is 0 Å². The van der Waals surface area contributed by atoms with Crippen LogP contribution in [-0.2, 0) is 41.5 Å². The fourth-order valence-corrected chi connectivity index (χ4v) is 6.49. The summed E-state index contributed by atoms with van der Waals surface area (Å²) in [5.74, 6) is -1.17. The van der Waals surface area contributed by atoms with E-state index in [-0.39, 0.29) is 37.0 Å². The third kappa shape index (κ3) is 7.64. The van der Waals surface area contributed by atoms with Gasteiger partial charge in [0.25, 0.3) is 11.8 Å². The number of aromatic nitrogens is 2. The van der Waals surface area contributed by atoms with Crippen LogP contribution in [0.15, 0.2) is 33.0 Å². The van der Waals surface area contributed by atoms with Crippen molar-refractivity contribution in [3.63, 3.8) is 0 Å². The van der Waals surface area contributed by atoms with Gasteiger partial charge in [0, 0.05) is 65.6 Å². The lowest BCUT2D eigenvalue weighted by Gasteiger charge is -2.05. The monoisotopic (exact) mass is 642 g/mol. The summed E-state index contributed by atoms with van der Waals surface area (Å²) in [6.45, 7) is 15.4.